The number of Topliss-reactive ketones (excluding diaryl/α,β-unsaturated/α-hetero) is 2. The van der Waals surface area contributed by atoms with Crippen molar-refractivity contribution in [3.63, 3.8) is 0 Å². The number of nitrogens with two attached hydrogens (primary N) is 1. The second-order valence-corrected chi connectivity index (χ2v) is 17.5. The maximum absolute atomic E-state index is 14.6. The number of aromatic nitrogens is 4. The lowest BCUT2D eigenvalue weighted by molar-refractivity contribution is -0.142. The van der Waals surface area contributed by atoms with Gasteiger partial charge in [0.1, 0.15) is 6.04 Å². The van der Waals surface area contributed by atoms with Crippen LogP contribution < -0.4 is 16.6 Å². The molecule has 342 valence electrons. The molecule has 4 aromatic carbocycles. The standard InChI is InChI=1S/C49H41Cl4N7O7/c50-36-15-9-29(20-38(36)52)18-33-25-60(26-34(44(33)63)19-30-10-16-37(51)39(53)21-30)47(65)40(22-28-4-2-1-3-5-28)57-42(62)17-13-32(48(66)67)23-41(61)31-11-6-27(7-12-31)8-14-35-24-55-43-45(56-35)58-49(54)59-46(43)64/h1-7,9-12,15-16,18-21,24,32,40H,8,13-14,17,22-23,25-26H2,(H,57,62)(H,66,67)(H3,54,56,58,59,64)/b33-18+,34-19+/t32-,40+/m0/s1. The lowest BCUT2D eigenvalue weighted by Gasteiger charge is -2.33. The van der Waals surface area contributed by atoms with E-state index in [1.165, 1.54) is 11.1 Å². The molecular weight excluding hydrogens is 940 g/mol. The third kappa shape index (κ3) is 12.6. The maximum Gasteiger partial charge on any atom is 0.306 e. The van der Waals surface area contributed by atoms with Crippen molar-refractivity contribution in [2.75, 3.05) is 18.8 Å². The number of nitrogens with one attached hydrogen (secondary N) is 2. The number of hydrogen-bond donors (Lipinski definition) is 4. The molecule has 2 aromatic heterocycles. The predicted molar refractivity (Wildman–Crippen MR) is 258 cm³/mol. The third-order valence-electron chi connectivity index (χ3n) is 11.0. The number of nitrogens with zero attached hydrogens (tertiary/aromatic N) is 4. The second-order valence-electron chi connectivity index (χ2n) is 15.9. The lowest BCUT2D eigenvalue weighted by atomic mass is 9.92. The Morgan fingerprint density at radius 1 is 0.791 bits per heavy atom. The van der Waals surface area contributed by atoms with Crippen molar-refractivity contribution in [1.29, 1.82) is 0 Å². The van der Waals surface area contributed by atoms with Crippen LogP contribution in [0.2, 0.25) is 20.1 Å². The number of anilines is 1. The van der Waals surface area contributed by atoms with E-state index >= 15 is 0 Å². The highest BCUT2D eigenvalue weighted by molar-refractivity contribution is 6.42. The van der Waals surface area contributed by atoms with Gasteiger partial charge in [0, 0.05) is 55.3 Å². The van der Waals surface area contributed by atoms with Crippen LogP contribution >= 0.6 is 46.4 Å². The zero-order valence-electron chi connectivity index (χ0n) is 35.5. The first kappa shape index (κ1) is 48.2. The summed E-state index contributed by atoms with van der Waals surface area (Å²) >= 11 is 24.9. The molecule has 2 amide bonds. The van der Waals surface area contributed by atoms with Crippen molar-refractivity contribution in [2.24, 2.45) is 5.92 Å². The van der Waals surface area contributed by atoms with E-state index in [4.69, 9.17) is 52.1 Å². The summed E-state index contributed by atoms with van der Waals surface area (Å²) in [5.74, 6) is -4.31. The molecule has 1 aliphatic rings. The Balaban J connectivity index is 1.03. The van der Waals surface area contributed by atoms with Crippen molar-refractivity contribution in [3.8, 4) is 0 Å². The highest BCUT2D eigenvalue weighted by Crippen LogP contribution is 2.29. The van der Waals surface area contributed by atoms with Crippen molar-refractivity contribution in [2.45, 2.75) is 44.6 Å². The number of piperidine rings is 1. The minimum Gasteiger partial charge on any atom is -0.481 e. The number of nitrogen functional groups attached to an aromatic ring is 1. The van der Waals surface area contributed by atoms with E-state index in [2.05, 4.69) is 25.3 Å². The summed E-state index contributed by atoms with van der Waals surface area (Å²) in [6.07, 6.45) is 4.99. The van der Waals surface area contributed by atoms with Gasteiger partial charge < -0.3 is 21.1 Å². The number of carbonyl (C=O) groups is 5. The molecule has 0 aliphatic carbocycles. The number of H-pyrrole nitrogens is 1. The van der Waals surface area contributed by atoms with Crippen LogP contribution in [0.5, 0.6) is 0 Å². The number of ketones is 2. The zero-order valence-corrected chi connectivity index (χ0v) is 38.5. The molecule has 0 saturated carbocycles. The van der Waals surface area contributed by atoms with Crippen LogP contribution in [0.3, 0.4) is 0 Å². The second kappa shape index (κ2) is 21.7. The molecule has 1 fully saturated rings. The molecule has 67 heavy (non-hydrogen) atoms. The molecule has 7 rings (SSSR count). The van der Waals surface area contributed by atoms with Crippen molar-refractivity contribution < 1.29 is 29.1 Å². The van der Waals surface area contributed by atoms with Crippen LogP contribution in [-0.2, 0) is 38.4 Å². The number of carbonyl (C=O) groups excluding carboxylic acids is 4. The summed E-state index contributed by atoms with van der Waals surface area (Å²) in [5, 5.41) is 14.2. The van der Waals surface area contributed by atoms with E-state index < -0.39 is 41.1 Å². The Labute approximate surface area is 403 Å². The molecule has 2 atom stereocenters. The summed E-state index contributed by atoms with van der Waals surface area (Å²) < 4.78 is 0. The monoisotopic (exact) mass is 979 g/mol. The smallest absolute Gasteiger partial charge is 0.306 e. The van der Waals surface area contributed by atoms with Crippen LogP contribution in [-0.4, -0.2) is 78.4 Å². The summed E-state index contributed by atoms with van der Waals surface area (Å²) in [6, 6.07) is 24.5. The molecule has 18 heteroatoms. The number of aliphatic carboxylic acids is 1. The van der Waals surface area contributed by atoms with Gasteiger partial charge in [-0.1, -0.05) is 113 Å². The number of carboxylic acid groups (broad SMARTS) is 1. The molecule has 0 bridgehead atoms. The molecule has 14 nitrogen and oxygen atoms in total. The van der Waals surface area contributed by atoms with Gasteiger partial charge in [-0.2, -0.15) is 4.98 Å². The van der Waals surface area contributed by atoms with Crippen LogP contribution in [0.1, 0.15) is 57.6 Å². The predicted octanol–water partition coefficient (Wildman–Crippen LogP) is 8.05. The highest BCUT2D eigenvalue weighted by atomic mass is 35.5. The minimum atomic E-state index is -1.25. The van der Waals surface area contributed by atoms with Gasteiger partial charge in [0.2, 0.25) is 17.8 Å². The van der Waals surface area contributed by atoms with Gasteiger partial charge in [0.25, 0.3) is 5.56 Å². The molecule has 5 N–H and O–H groups in total. The van der Waals surface area contributed by atoms with Crippen LogP contribution in [0.4, 0.5) is 5.95 Å². The van der Waals surface area contributed by atoms with Gasteiger partial charge in [-0.25, -0.2) is 9.97 Å². The molecule has 0 spiro atoms. The minimum absolute atomic E-state index is 0.0674. The number of halogens is 4. The number of fused-ring (bicyclic) bond motifs is 1. The van der Waals surface area contributed by atoms with E-state index in [0.717, 1.165) is 11.1 Å². The highest BCUT2D eigenvalue weighted by Gasteiger charge is 2.34. The van der Waals surface area contributed by atoms with Gasteiger partial charge in [-0.15, -0.1) is 0 Å². The number of aromatic amines is 1. The number of carboxylic acids is 1. The summed E-state index contributed by atoms with van der Waals surface area (Å²) in [6.45, 7) is -0.198. The molecule has 1 aliphatic heterocycles. The lowest BCUT2D eigenvalue weighted by Crippen LogP contribution is -2.52. The van der Waals surface area contributed by atoms with E-state index in [-0.39, 0.29) is 82.9 Å². The van der Waals surface area contributed by atoms with Crippen LogP contribution in [0.25, 0.3) is 23.3 Å². The zero-order chi connectivity index (χ0) is 47.8. The van der Waals surface area contributed by atoms with E-state index in [9.17, 15) is 33.9 Å². The van der Waals surface area contributed by atoms with Gasteiger partial charge >= 0.3 is 5.97 Å². The fourth-order valence-electron chi connectivity index (χ4n) is 7.52. The molecule has 3 heterocycles. The number of likely N-dealkylation sites (tertiary alicyclic amines) is 1. The fourth-order valence-corrected chi connectivity index (χ4v) is 8.13. The Bertz CT molecular complexity index is 2940. The first-order chi connectivity index (χ1) is 32.1. The Hall–Kier alpha value is -6.71. The Morgan fingerprint density at radius 2 is 1.42 bits per heavy atom. The summed E-state index contributed by atoms with van der Waals surface area (Å²) in [4.78, 5) is 96.5. The molecular formula is C49H41Cl4N7O7. The first-order valence-corrected chi connectivity index (χ1v) is 22.5. The Kier molecular flexibility index (Phi) is 15.6. The number of hydrogen-bond acceptors (Lipinski definition) is 10. The normalized spacial score (nSPS) is 14.9. The number of benzene rings is 4. The van der Waals surface area contributed by atoms with Crippen molar-refractivity contribution in [1.82, 2.24) is 30.2 Å². The van der Waals surface area contributed by atoms with Gasteiger partial charge in [0.05, 0.1) is 31.7 Å². The molecule has 0 radical (unpaired) electrons. The molecule has 6 aromatic rings. The number of aryl methyl sites for hydroxylation is 2. The molecule has 0 unspecified atom stereocenters. The maximum atomic E-state index is 14.6. The van der Waals surface area contributed by atoms with E-state index in [1.807, 2.05) is 18.2 Å². The topological polar surface area (TPSA) is 218 Å². The summed E-state index contributed by atoms with van der Waals surface area (Å²) in [5.41, 5.74) is 9.58. The van der Waals surface area contributed by atoms with E-state index in [0.29, 0.717) is 45.3 Å². The number of rotatable bonds is 16. The average Bonchev–Trinajstić information content (AvgIpc) is 3.30. The fraction of sp³-hybridized carbons (Fsp3) is 0.204. The van der Waals surface area contributed by atoms with Gasteiger partial charge in [0.15, 0.2) is 22.7 Å². The SMILES string of the molecule is Nc1nc2nc(CCc3ccc(C(=O)C[C@H](CCC(=O)N[C@H](Cc4ccccc4)C(=O)N4C/C(=C\c5ccc(Cl)c(Cl)c5)C(=O)/C(=C/c5ccc(Cl)c(Cl)c5)C4)C(=O)O)cc3)cnc2c(=O)[nH]1. The largest absolute Gasteiger partial charge is 0.481 e. The quantitative estimate of drug-likeness (QED) is 0.0537. The first-order valence-electron chi connectivity index (χ1n) is 20.9. The van der Waals surface area contributed by atoms with E-state index in [1.54, 1.807) is 84.9 Å². The van der Waals surface area contributed by atoms with Crippen molar-refractivity contribution in [3.05, 3.63) is 172 Å². The van der Waals surface area contributed by atoms with Gasteiger partial charge in [-0.05, 0) is 77.9 Å². The summed E-state index contributed by atoms with van der Waals surface area (Å²) in [7, 11) is 0. The van der Waals surface area contributed by atoms with Crippen LogP contribution in [0.15, 0.2) is 113 Å². The third-order valence-corrected chi connectivity index (χ3v) is 12.5. The van der Waals surface area contributed by atoms with Crippen LogP contribution in [0, 0.1) is 5.92 Å². The number of amides is 2. The molecule has 1 saturated heterocycles. The van der Waals surface area contributed by atoms with Gasteiger partial charge in [-0.3, -0.25) is 33.8 Å². The average molecular weight is 982 g/mol. The Morgan fingerprint density at radius 3 is 2.01 bits per heavy atom. The van der Waals surface area contributed by atoms with Crippen molar-refractivity contribution >= 4 is 105 Å².